The van der Waals surface area contributed by atoms with Crippen LogP contribution < -0.4 is 5.32 Å². The first-order chi connectivity index (χ1) is 8.37. The second-order valence-corrected chi connectivity index (χ2v) is 5.45. The monoisotopic (exact) mass is 256 g/mol. The maximum Gasteiger partial charge on any atom is 0.303 e. The highest BCUT2D eigenvalue weighted by Gasteiger charge is 2.39. The Hall–Kier alpha value is -1.10. The molecule has 1 saturated heterocycles. The lowest BCUT2D eigenvalue weighted by molar-refractivity contribution is -0.141. The first-order valence-corrected chi connectivity index (χ1v) is 6.65. The fourth-order valence-corrected chi connectivity index (χ4v) is 2.39. The standard InChI is InChI=1S/C13H24N2O3/c1-10(2)15(9-4-6-11(16)17)12(18)13(3)7-5-8-14-13/h10,14H,4-9H2,1-3H3,(H,16,17). The van der Waals surface area contributed by atoms with E-state index in [0.29, 0.717) is 13.0 Å². The van der Waals surface area contributed by atoms with E-state index in [9.17, 15) is 9.59 Å². The first kappa shape index (κ1) is 15.0. The summed E-state index contributed by atoms with van der Waals surface area (Å²) in [5.41, 5.74) is -0.465. The molecule has 1 atom stereocenters. The van der Waals surface area contributed by atoms with Crippen LogP contribution in [0.1, 0.15) is 46.5 Å². The SMILES string of the molecule is CC(C)N(CCCC(=O)O)C(=O)C1(C)CCCN1. The van der Waals surface area contributed by atoms with Gasteiger partial charge in [-0.1, -0.05) is 0 Å². The van der Waals surface area contributed by atoms with Crippen molar-refractivity contribution in [2.24, 2.45) is 0 Å². The molecule has 5 heteroatoms. The minimum atomic E-state index is -0.809. The molecule has 1 fully saturated rings. The van der Waals surface area contributed by atoms with E-state index in [0.717, 1.165) is 19.4 Å². The van der Waals surface area contributed by atoms with E-state index in [1.807, 2.05) is 20.8 Å². The molecule has 1 aliphatic heterocycles. The molecule has 1 aliphatic rings. The van der Waals surface area contributed by atoms with Crippen LogP contribution in [0.25, 0.3) is 0 Å². The highest BCUT2D eigenvalue weighted by molar-refractivity contribution is 5.86. The van der Waals surface area contributed by atoms with Crippen LogP contribution in [0.3, 0.4) is 0 Å². The summed E-state index contributed by atoms with van der Waals surface area (Å²) in [6.45, 7) is 7.27. The smallest absolute Gasteiger partial charge is 0.303 e. The minimum absolute atomic E-state index is 0.0976. The summed E-state index contributed by atoms with van der Waals surface area (Å²) in [7, 11) is 0. The van der Waals surface area contributed by atoms with Crippen molar-refractivity contribution in [3.63, 3.8) is 0 Å². The number of hydrogen-bond acceptors (Lipinski definition) is 3. The van der Waals surface area contributed by atoms with Gasteiger partial charge in [0, 0.05) is 19.0 Å². The minimum Gasteiger partial charge on any atom is -0.481 e. The summed E-state index contributed by atoms with van der Waals surface area (Å²) in [6.07, 6.45) is 2.49. The molecule has 0 spiro atoms. The van der Waals surface area contributed by atoms with Crippen molar-refractivity contribution >= 4 is 11.9 Å². The van der Waals surface area contributed by atoms with Gasteiger partial charge in [-0.15, -0.1) is 0 Å². The van der Waals surface area contributed by atoms with Crippen molar-refractivity contribution in [1.82, 2.24) is 10.2 Å². The van der Waals surface area contributed by atoms with Gasteiger partial charge in [0.15, 0.2) is 0 Å². The predicted molar refractivity (Wildman–Crippen MR) is 69.4 cm³/mol. The van der Waals surface area contributed by atoms with Gasteiger partial charge < -0.3 is 15.3 Å². The van der Waals surface area contributed by atoms with Crippen LogP contribution in [0, 0.1) is 0 Å². The average molecular weight is 256 g/mol. The molecular weight excluding hydrogens is 232 g/mol. The first-order valence-electron chi connectivity index (χ1n) is 6.65. The molecule has 0 aliphatic carbocycles. The fourth-order valence-electron chi connectivity index (χ4n) is 2.39. The molecule has 1 rings (SSSR count). The summed E-state index contributed by atoms with van der Waals surface area (Å²) in [5, 5.41) is 11.9. The highest BCUT2D eigenvalue weighted by atomic mass is 16.4. The van der Waals surface area contributed by atoms with Gasteiger partial charge >= 0.3 is 5.97 Å². The van der Waals surface area contributed by atoms with Crippen molar-refractivity contribution in [3.05, 3.63) is 0 Å². The zero-order chi connectivity index (χ0) is 13.8. The Morgan fingerprint density at radius 3 is 2.56 bits per heavy atom. The molecule has 1 amide bonds. The Morgan fingerprint density at radius 1 is 1.44 bits per heavy atom. The van der Waals surface area contributed by atoms with Crippen LogP contribution in [0.2, 0.25) is 0 Å². The summed E-state index contributed by atoms with van der Waals surface area (Å²) in [4.78, 5) is 24.8. The quantitative estimate of drug-likeness (QED) is 0.750. The molecular formula is C13H24N2O3. The summed E-state index contributed by atoms with van der Waals surface area (Å²) >= 11 is 0. The number of aliphatic carboxylic acids is 1. The van der Waals surface area contributed by atoms with Crippen LogP contribution >= 0.6 is 0 Å². The lowest BCUT2D eigenvalue weighted by Crippen LogP contribution is -2.55. The molecule has 0 saturated carbocycles. The summed E-state index contributed by atoms with van der Waals surface area (Å²) in [6, 6.07) is 0.102. The number of carbonyl (C=O) groups is 2. The molecule has 5 nitrogen and oxygen atoms in total. The Labute approximate surface area is 109 Å². The van der Waals surface area contributed by atoms with Gasteiger partial charge in [0.05, 0.1) is 5.54 Å². The van der Waals surface area contributed by atoms with Crippen molar-refractivity contribution in [2.75, 3.05) is 13.1 Å². The number of nitrogens with zero attached hydrogens (tertiary/aromatic N) is 1. The van der Waals surface area contributed by atoms with Crippen LogP contribution in [0.5, 0.6) is 0 Å². The molecule has 1 heterocycles. The molecule has 0 radical (unpaired) electrons. The predicted octanol–water partition coefficient (Wildman–Crippen LogP) is 1.23. The van der Waals surface area contributed by atoms with Gasteiger partial charge in [-0.25, -0.2) is 0 Å². The average Bonchev–Trinajstić information content (AvgIpc) is 2.71. The van der Waals surface area contributed by atoms with Crippen LogP contribution in [0.4, 0.5) is 0 Å². The van der Waals surface area contributed by atoms with Gasteiger partial charge in [0.2, 0.25) is 5.91 Å². The Morgan fingerprint density at radius 2 is 2.11 bits per heavy atom. The third-order valence-corrected chi connectivity index (χ3v) is 3.51. The fraction of sp³-hybridized carbons (Fsp3) is 0.846. The van der Waals surface area contributed by atoms with Crippen molar-refractivity contribution in [1.29, 1.82) is 0 Å². The number of carbonyl (C=O) groups excluding carboxylic acids is 1. The summed E-state index contributed by atoms with van der Waals surface area (Å²) in [5.74, 6) is -0.711. The largest absolute Gasteiger partial charge is 0.481 e. The number of rotatable bonds is 6. The normalized spacial score (nSPS) is 23.3. The van der Waals surface area contributed by atoms with E-state index >= 15 is 0 Å². The van der Waals surface area contributed by atoms with Crippen molar-refractivity contribution in [3.8, 4) is 0 Å². The maximum atomic E-state index is 12.5. The van der Waals surface area contributed by atoms with E-state index in [1.165, 1.54) is 0 Å². The zero-order valence-electron chi connectivity index (χ0n) is 11.5. The molecule has 0 aromatic rings. The second-order valence-electron chi connectivity index (χ2n) is 5.45. The molecule has 18 heavy (non-hydrogen) atoms. The van der Waals surface area contributed by atoms with E-state index in [-0.39, 0.29) is 18.4 Å². The van der Waals surface area contributed by atoms with Crippen LogP contribution in [-0.4, -0.2) is 46.6 Å². The molecule has 0 bridgehead atoms. The second kappa shape index (κ2) is 6.18. The van der Waals surface area contributed by atoms with E-state index in [1.54, 1.807) is 4.90 Å². The van der Waals surface area contributed by atoms with Gasteiger partial charge in [0.1, 0.15) is 0 Å². The van der Waals surface area contributed by atoms with E-state index in [2.05, 4.69) is 5.32 Å². The van der Waals surface area contributed by atoms with Crippen molar-refractivity contribution < 1.29 is 14.7 Å². The number of carboxylic acid groups (broad SMARTS) is 1. The molecule has 0 aromatic carbocycles. The zero-order valence-corrected chi connectivity index (χ0v) is 11.5. The molecule has 104 valence electrons. The molecule has 2 N–H and O–H groups in total. The van der Waals surface area contributed by atoms with Gasteiger partial charge in [0.25, 0.3) is 0 Å². The lowest BCUT2D eigenvalue weighted by Gasteiger charge is -2.34. The van der Waals surface area contributed by atoms with E-state index < -0.39 is 11.5 Å². The molecule has 0 aromatic heterocycles. The number of nitrogens with one attached hydrogen (secondary N) is 1. The van der Waals surface area contributed by atoms with Gasteiger partial charge in [-0.2, -0.15) is 0 Å². The Kier molecular flexibility index (Phi) is 5.14. The highest BCUT2D eigenvalue weighted by Crippen LogP contribution is 2.22. The molecule has 1 unspecified atom stereocenters. The topological polar surface area (TPSA) is 69.6 Å². The van der Waals surface area contributed by atoms with Gasteiger partial charge in [-0.05, 0) is 46.6 Å². The third-order valence-electron chi connectivity index (χ3n) is 3.51. The Bertz CT molecular complexity index is 309. The maximum absolute atomic E-state index is 12.5. The third kappa shape index (κ3) is 3.70. The summed E-state index contributed by atoms with van der Waals surface area (Å²) < 4.78 is 0. The van der Waals surface area contributed by atoms with Crippen molar-refractivity contribution in [2.45, 2.75) is 58.0 Å². The van der Waals surface area contributed by atoms with E-state index in [4.69, 9.17) is 5.11 Å². The van der Waals surface area contributed by atoms with Crippen LogP contribution in [0.15, 0.2) is 0 Å². The van der Waals surface area contributed by atoms with Gasteiger partial charge in [-0.3, -0.25) is 9.59 Å². The Balaban J connectivity index is 2.60. The lowest BCUT2D eigenvalue weighted by atomic mass is 9.97. The number of hydrogen-bond donors (Lipinski definition) is 2. The number of amides is 1. The van der Waals surface area contributed by atoms with Crippen LogP contribution in [-0.2, 0) is 9.59 Å². The number of carboxylic acids is 1.